The summed E-state index contributed by atoms with van der Waals surface area (Å²) in [5.41, 5.74) is 0. The van der Waals surface area contributed by atoms with Gasteiger partial charge in [0.25, 0.3) is 0 Å². The van der Waals surface area contributed by atoms with Crippen molar-refractivity contribution in [3.8, 4) is 0 Å². The number of carboxylic acids is 1. The Balaban J connectivity index is 2.01. The summed E-state index contributed by atoms with van der Waals surface area (Å²) in [6.07, 6.45) is 6.75. The summed E-state index contributed by atoms with van der Waals surface area (Å²) in [7, 11) is 0. The number of hydrogen-bond acceptors (Lipinski definition) is 3. The number of aliphatic carboxylic acids is 1. The predicted octanol–water partition coefficient (Wildman–Crippen LogP) is 1.74. The van der Waals surface area contributed by atoms with E-state index in [1.807, 2.05) is 0 Å². The number of carboxylic acid groups (broad SMARTS) is 1. The summed E-state index contributed by atoms with van der Waals surface area (Å²) in [5.74, 6) is -0.484. The third kappa shape index (κ3) is 3.42. The van der Waals surface area contributed by atoms with Gasteiger partial charge in [0.2, 0.25) is 0 Å². The van der Waals surface area contributed by atoms with Crippen LogP contribution in [0.2, 0.25) is 0 Å². The molecule has 4 nitrogen and oxygen atoms in total. The summed E-state index contributed by atoms with van der Waals surface area (Å²) < 4.78 is 5.45. The molecule has 0 amide bonds. The SMILES string of the molecule is O=C(O)C(C1CCCOC1)N1CCCCCC1. The van der Waals surface area contributed by atoms with Crippen molar-refractivity contribution in [2.45, 2.75) is 44.6 Å². The zero-order chi connectivity index (χ0) is 12.1. The second-order valence-electron chi connectivity index (χ2n) is 5.21. The van der Waals surface area contributed by atoms with Crippen molar-refractivity contribution in [1.29, 1.82) is 0 Å². The molecule has 0 aromatic carbocycles. The molecule has 2 saturated heterocycles. The van der Waals surface area contributed by atoms with Crippen LogP contribution in [0.25, 0.3) is 0 Å². The zero-order valence-corrected chi connectivity index (χ0v) is 10.4. The highest BCUT2D eigenvalue weighted by molar-refractivity contribution is 5.74. The Bertz CT molecular complexity index is 243. The highest BCUT2D eigenvalue weighted by Gasteiger charge is 2.34. The van der Waals surface area contributed by atoms with Crippen molar-refractivity contribution in [1.82, 2.24) is 4.90 Å². The van der Waals surface area contributed by atoms with E-state index in [2.05, 4.69) is 4.90 Å². The number of likely N-dealkylation sites (tertiary alicyclic amines) is 1. The molecule has 98 valence electrons. The van der Waals surface area contributed by atoms with Gasteiger partial charge in [-0.05, 0) is 38.8 Å². The van der Waals surface area contributed by atoms with Crippen molar-refractivity contribution in [2.75, 3.05) is 26.3 Å². The summed E-state index contributed by atoms with van der Waals surface area (Å²) in [6.45, 7) is 3.29. The molecule has 2 aliphatic rings. The first-order valence-corrected chi connectivity index (χ1v) is 6.83. The molecule has 0 saturated carbocycles. The van der Waals surface area contributed by atoms with Gasteiger partial charge in [-0.1, -0.05) is 12.8 Å². The molecule has 2 aliphatic heterocycles. The van der Waals surface area contributed by atoms with Crippen molar-refractivity contribution in [3.05, 3.63) is 0 Å². The topological polar surface area (TPSA) is 49.8 Å². The molecule has 17 heavy (non-hydrogen) atoms. The Labute approximate surface area is 103 Å². The van der Waals surface area contributed by atoms with Gasteiger partial charge in [0.1, 0.15) is 6.04 Å². The molecule has 0 spiro atoms. The van der Waals surface area contributed by atoms with E-state index in [9.17, 15) is 9.90 Å². The lowest BCUT2D eigenvalue weighted by Gasteiger charge is -2.35. The molecule has 0 bridgehead atoms. The van der Waals surface area contributed by atoms with Crippen LogP contribution in [0.5, 0.6) is 0 Å². The van der Waals surface area contributed by atoms with Gasteiger partial charge in [0, 0.05) is 12.5 Å². The van der Waals surface area contributed by atoms with Crippen molar-refractivity contribution < 1.29 is 14.6 Å². The Morgan fingerprint density at radius 3 is 2.41 bits per heavy atom. The average molecular weight is 241 g/mol. The van der Waals surface area contributed by atoms with Gasteiger partial charge in [-0.25, -0.2) is 0 Å². The molecule has 2 fully saturated rings. The maximum atomic E-state index is 11.5. The first-order valence-electron chi connectivity index (χ1n) is 6.83. The molecule has 2 unspecified atom stereocenters. The molecule has 2 atom stereocenters. The minimum Gasteiger partial charge on any atom is -0.480 e. The van der Waals surface area contributed by atoms with E-state index in [-0.39, 0.29) is 12.0 Å². The largest absolute Gasteiger partial charge is 0.480 e. The first-order chi connectivity index (χ1) is 8.29. The van der Waals surface area contributed by atoms with Crippen LogP contribution in [-0.2, 0) is 9.53 Å². The lowest BCUT2D eigenvalue weighted by Crippen LogP contribution is -2.49. The fourth-order valence-corrected chi connectivity index (χ4v) is 3.04. The third-order valence-corrected chi connectivity index (χ3v) is 3.93. The maximum Gasteiger partial charge on any atom is 0.321 e. The number of rotatable bonds is 3. The molecule has 0 aromatic heterocycles. The van der Waals surface area contributed by atoms with Gasteiger partial charge in [-0.15, -0.1) is 0 Å². The van der Waals surface area contributed by atoms with Crippen LogP contribution < -0.4 is 0 Å². The minimum absolute atomic E-state index is 0.180. The van der Waals surface area contributed by atoms with E-state index in [4.69, 9.17) is 4.74 Å². The third-order valence-electron chi connectivity index (χ3n) is 3.93. The van der Waals surface area contributed by atoms with Crippen LogP contribution >= 0.6 is 0 Å². The number of carbonyl (C=O) groups is 1. The smallest absolute Gasteiger partial charge is 0.321 e. The Kier molecular flexibility index (Phi) is 4.80. The second kappa shape index (κ2) is 6.36. The van der Waals surface area contributed by atoms with E-state index in [1.54, 1.807) is 0 Å². The minimum atomic E-state index is -0.664. The summed E-state index contributed by atoms with van der Waals surface area (Å²) in [4.78, 5) is 13.7. The van der Waals surface area contributed by atoms with E-state index in [0.29, 0.717) is 6.61 Å². The van der Waals surface area contributed by atoms with E-state index in [0.717, 1.165) is 45.4 Å². The summed E-state index contributed by atoms with van der Waals surface area (Å²) in [5, 5.41) is 9.47. The molecular formula is C13H23NO3. The molecule has 0 aromatic rings. The van der Waals surface area contributed by atoms with Crippen molar-refractivity contribution in [3.63, 3.8) is 0 Å². The molecule has 1 N–H and O–H groups in total. The molecular weight excluding hydrogens is 218 g/mol. The fraction of sp³-hybridized carbons (Fsp3) is 0.923. The fourth-order valence-electron chi connectivity index (χ4n) is 3.04. The molecule has 2 rings (SSSR count). The van der Waals surface area contributed by atoms with E-state index >= 15 is 0 Å². The van der Waals surface area contributed by atoms with Crippen LogP contribution in [0.3, 0.4) is 0 Å². The van der Waals surface area contributed by atoms with E-state index < -0.39 is 5.97 Å². The molecule has 0 radical (unpaired) electrons. The number of ether oxygens (including phenoxy) is 1. The van der Waals surface area contributed by atoms with Gasteiger partial charge in [-0.2, -0.15) is 0 Å². The van der Waals surface area contributed by atoms with Crippen LogP contribution in [0, 0.1) is 5.92 Å². The maximum absolute atomic E-state index is 11.5. The standard InChI is InChI=1S/C13H23NO3/c15-13(16)12(11-6-5-9-17-10-11)14-7-3-1-2-4-8-14/h11-12H,1-10H2,(H,15,16). The highest BCUT2D eigenvalue weighted by atomic mass is 16.5. The normalized spacial score (nSPS) is 29.5. The van der Waals surface area contributed by atoms with Crippen molar-refractivity contribution in [2.24, 2.45) is 5.92 Å². The van der Waals surface area contributed by atoms with Crippen LogP contribution in [0.4, 0.5) is 0 Å². The Morgan fingerprint density at radius 2 is 1.88 bits per heavy atom. The van der Waals surface area contributed by atoms with Crippen molar-refractivity contribution >= 4 is 5.97 Å². The lowest BCUT2D eigenvalue weighted by atomic mass is 9.92. The number of nitrogens with zero attached hydrogens (tertiary/aromatic N) is 1. The quantitative estimate of drug-likeness (QED) is 0.817. The monoisotopic (exact) mass is 241 g/mol. The Morgan fingerprint density at radius 1 is 1.18 bits per heavy atom. The van der Waals surface area contributed by atoms with Gasteiger partial charge < -0.3 is 9.84 Å². The van der Waals surface area contributed by atoms with Gasteiger partial charge >= 0.3 is 5.97 Å². The number of hydrogen-bond donors (Lipinski definition) is 1. The molecule has 0 aliphatic carbocycles. The van der Waals surface area contributed by atoms with Gasteiger partial charge in [-0.3, -0.25) is 9.69 Å². The predicted molar refractivity (Wildman–Crippen MR) is 65.0 cm³/mol. The van der Waals surface area contributed by atoms with Crippen LogP contribution in [-0.4, -0.2) is 48.3 Å². The van der Waals surface area contributed by atoms with Crippen LogP contribution in [0.1, 0.15) is 38.5 Å². The molecule has 2 heterocycles. The molecule has 4 heteroatoms. The van der Waals surface area contributed by atoms with Gasteiger partial charge in [0.15, 0.2) is 0 Å². The highest BCUT2D eigenvalue weighted by Crippen LogP contribution is 2.24. The Hall–Kier alpha value is -0.610. The summed E-state index contributed by atoms with van der Waals surface area (Å²) in [6, 6.07) is -0.326. The van der Waals surface area contributed by atoms with Gasteiger partial charge in [0.05, 0.1) is 6.61 Å². The summed E-state index contributed by atoms with van der Waals surface area (Å²) >= 11 is 0. The first kappa shape index (κ1) is 12.8. The lowest BCUT2D eigenvalue weighted by molar-refractivity contribution is -0.148. The van der Waals surface area contributed by atoms with E-state index in [1.165, 1.54) is 12.8 Å². The second-order valence-corrected chi connectivity index (χ2v) is 5.21. The average Bonchev–Trinajstić information content (AvgIpc) is 2.59. The van der Waals surface area contributed by atoms with Crippen LogP contribution in [0.15, 0.2) is 0 Å². The zero-order valence-electron chi connectivity index (χ0n) is 10.4.